The molecule has 0 fully saturated rings. The fourth-order valence-electron chi connectivity index (χ4n) is 1.77. The normalized spacial score (nSPS) is 9.83. The van der Waals surface area contributed by atoms with E-state index in [4.69, 9.17) is 0 Å². The number of nitrogens with one attached hydrogen (secondary N) is 2. The molecule has 0 heterocycles. The predicted molar refractivity (Wildman–Crippen MR) is 89.2 cm³/mol. The Morgan fingerprint density at radius 1 is 0.957 bits per heavy atom. The zero-order chi connectivity index (χ0) is 16.8. The maximum Gasteiger partial charge on any atom is 0.337 e. The fourth-order valence-corrected chi connectivity index (χ4v) is 2.16. The molecule has 2 N–H and O–H groups in total. The van der Waals surface area contributed by atoms with Crippen molar-refractivity contribution in [3.8, 4) is 0 Å². The molecule has 0 spiro atoms. The van der Waals surface area contributed by atoms with Crippen LogP contribution < -0.4 is 10.6 Å². The van der Waals surface area contributed by atoms with Gasteiger partial charge in [0.15, 0.2) is 0 Å². The second kappa shape index (κ2) is 7.55. The van der Waals surface area contributed by atoms with Gasteiger partial charge in [0.25, 0.3) is 0 Å². The van der Waals surface area contributed by atoms with E-state index in [2.05, 4.69) is 31.3 Å². The number of carbonyl (C=O) groups is 3. The molecule has 0 unspecified atom stereocenters. The highest BCUT2D eigenvalue weighted by Crippen LogP contribution is 2.21. The zero-order valence-electron chi connectivity index (χ0n) is 12.1. The summed E-state index contributed by atoms with van der Waals surface area (Å²) >= 11 is 3.28. The summed E-state index contributed by atoms with van der Waals surface area (Å²) in [7, 11) is 1.26. The largest absolute Gasteiger partial charge is 0.465 e. The smallest absolute Gasteiger partial charge is 0.337 e. The number of benzene rings is 2. The Balaban J connectivity index is 2.05. The van der Waals surface area contributed by atoms with E-state index in [9.17, 15) is 14.4 Å². The molecule has 2 aromatic rings. The maximum atomic E-state index is 11.9. The number of para-hydroxylation sites is 1. The highest BCUT2D eigenvalue weighted by Gasteiger charge is 2.16. The number of rotatable bonds is 3. The van der Waals surface area contributed by atoms with Crippen LogP contribution in [0.4, 0.5) is 11.4 Å². The van der Waals surface area contributed by atoms with E-state index in [0.29, 0.717) is 15.8 Å². The summed E-state index contributed by atoms with van der Waals surface area (Å²) in [5.74, 6) is -2.19. The van der Waals surface area contributed by atoms with Crippen LogP contribution in [0, 0.1) is 0 Å². The quantitative estimate of drug-likeness (QED) is 0.637. The molecule has 0 aromatic heterocycles. The van der Waals surface area contributed by atoms with Gasteiger partial charge in [0, 0.05) is 10.2 Å². The van der Waals surface area contributed by atoms with E-state index in [-0.39, 0.29) is 5.56 Å². The lowest BCUT2D eigenvalue weighted by molar-refractivity contribution is -0.133. The van der Waals surface area contributed by atoms with Crippen LogP contribution in [0.2, 0.25) is 0 Å². The Labute approximate surface area is 141 Å². The number of ether oxygens (including phenoxy) is 1. The molecule has 0 saturated carbocycles. The van der Waals surface area contributed by atoms with Crippen LogP contribution in [0.15, 0.2) is 53.0 Å². The van der Waals surface area contributed by atoms with Crippen molar-refractivity contribution in [3.05, 3.63) is 58.6 Å². The molecule has 0 saturated heterocycles. The highest BCUT2D eigenvalue weighted by atomic mass is 79.9. The van der Waals surface area contributed by atoms with Gasteiger partial charge in [0.1, 0.15) is 0 Å². The average molecular weight is 377 g/mol. The molecule has 2 rings (SSSR count). The van der Waals surface area contributed by atoms with Crippen LogP contribution in [0.1, 0.15) is 10.4 Å². The highest BCUT2D eigenvalue weighted by molar-refractivity contribution is 9.10. The molecule has 2 aromatic carbocycles. The molecule has 23 heavy (non-hydrogen) atoms. The second-order valence-electron chi connectivity index (χ2n) is 4.46. The Hall–Kier alpha value is -2.67. The maximum absolute atomic E-state index is 11.9. The minimum Gasteiger partial charge on any atom is -0.465 e. The topological polar surface area (TPSA) is 84.5 Å². The van der Waals surface area contributed by atoms with Crippen molar-refractivity contribution in [1.29, 1.82) is 0 Å². The lowest BCUT2D eigenvalue weighted by Crippen LogP contribution is -2.29. The minimum absolute atomic E-state index is 0.275. The Bertz CT molecular complexity index is 761. The number of hydrogen-bond donors (Lipinski definition) is 2. The van der Waals surface area contributed by atoms with Crippen LogP contribution in [0.5, 0.6) is 0 Å². The van der Waals surface area contributed by atoms with E-state index in [1.807, 2.05) is 0 Å². The van der Waals surface area contributed by atoms with Crippen LogP contribution in [0.25, 0.3) is 0 Å². The Morgan fingerprint density at radius 3 is 2.35 bits per heavy atom. The molecular formula is C16H13BrN2O4. The number of anilines is 2. The molecule has 0 aliphatic carbocycles. The molecule has 0 bridgehead atoms. The van der Waals surface area contributed by atoms with Gasteiger partial charge in [0.05, 0.1) is 18.4 Å². The van der Waals surface area contributed by atoms with E-state index >= 15 is 0 Å². The number of carbonyl (C=O) groups excluding carboxylic acids is 3. The molecule has 6 nitrogen and oxygen atoms in total. The summed E-state index contributed by atoms with van der Waals surface area (Å²) < 4.78 is 5.26. The number of amides is 2. The molecule has 7 heteroatoms. The lowest BCUT2D eigenvalue weighted by atomic mass is 10.2. The van der Waals surface area contributed by atoms with E-state index in [1.165, 1.54) is 13.2 Å². The minimum atomic E-state index is -0.845. The third kappa shape index (κ3) is 4.40. The van der Waals surface area contributed by atoms with Gasteiger partial charge >= 0.3 is 17.8 Å². The first-order chi connectivity index (χ1) is 11.0. The van der Waals surface area contributed by atoms with Crippen LogP contribution in [0.3, 0.4) is 0 Å². The van der Waals surface area contributed by atoms with Crippen LogP contribution in [-0.4, -0.2) is 24.9 Å². The fraction of sp³-hybridized carbons (Fsp3) is 0.0625. The van der Waals surface area contributed by atoms with Gasteiger partial charge in [-0.25, -0.2) is 4.79 Å². The number of hydrogen-bond acceptors (Lipinski definition) is 4. The Morgan fingerprint density at radius 2 is 1.65 bits per heavy atom. The van der Waals surface area contributed by atoms with Crippen molar-refractivity contribution >= 4 is 45.1 Å². The summed E-state index contributed by atoms with van der Waals surface area (Å²) in [4.78, 5) is 35.3. The summed E-state index contributed by atoms with van der Waals surface area (Å²) in [5.41, 5.74) is 1.08. The van der Waals surface area contributed by atoms with Crippen molar-refractivity contribution in [2.75, 3.05) is 17.7 Å². The second-order valence-corrected chi connectivity index (χ2v) is 5.31. The van der Waals surface area contributed by atoms with Gasteiger partial charge < -0.3 is 15.4 Å². The van der Waals surface area contributed by atoms with Gasteiger partial charge in [0.2, 0.25) is 0 Å². The van der Waals surface area contributed by atoms with Crippen molar-refractivity contribution < 1.29 is 19.1 Å². The van der Waals surface area contributed by atoms with Crippen molar-refractivity contribution in [1.82, 2.24) is 0 Å². The molecule has 0 aliphatic rings. The molecule has 118 valence electrons. The average Bonchev–Trinajstić information content (AvgIpc) is 2.56. The monoisotopic (exact) mass is 376 g/mol. The summed E-state index contributed by atoms with van der Waals surface area (Å²) in [6, 6.07) is 13.0. The standard InChI is InChI=1S/C16H13BrN2O4/c1-23-16(22)10-5-4-6-11(9-10)18-14(20)15(21)19-13-8-3-2-7-12(13)17/h2-9H,1H3,(H,18,20)(H,19,21). The van der Waals surface area contributed by atoms with E-state index < -0.39 is 17.8 Å². The molecule has 0 radical (unpaired) electrons. The van der Waals surface area contributed by atoms with Gasteiger partial charge in [-0.1, -0.05) is 18.2 Å². The SMILES string of the molecule is COC(=O)c1cccc(NC(=O)C(=O)Nc2ccccc2Br)c1. The van der Waals surface area contributed by atoms with Gasteiger partial charge in [-0.2, -0.15) is 0 Å². The summed E-state index contributed by atoms with van der Waals surface area (Å²) in [5, 5.41) is 4.92. The van der Waals surface area contributed by atoms with E-state index in [0.717, 1.165) is 0 Å². The molecule has 2 amide bonds. The molecule has 0 atom stereocenters. The third-order valence-electron chi connectivity index (χ3n) is 2.87. The van der Waals surface area contributed by atoms with Crippen molar-refractivity contribution in [3.63, 3.8) is 0 Å². The van der Waals surface area contributed by atoms with Gasteiger partial charge in [-0.3, -0.25) is 9.59 Å². The first-order valence-electron chi connectivity index (χ1n) is 6.56. The van der Waals surface area contributed by atoms with Crippen molar-refractivity contribution in [2.24, 2.45) is 0 Å². The van der Waals surface area contributed by atoms with E-state index in [1.54, 1.807) is 42.5 Å². The van der Waals surface area contributed by atoms with Gasteiger partial charge in [-0.05, 0) is 46.3 Å². The van der Waals surface area contributed by atoms with Crippen LogP contribution in [-0.2, 0) is 14.3 Å². The first kappa shape index (κ1) is 16.7. The summed E-state index contributed by atoms with van der Waals surface area (Å²) in [6.07, 6.45) is 0. The summed E-state index contributed by atoms with van der Waals surface area (Å²) in [6.45, 7) is 0. The molecule has 0 aliphatic heterocycles. The molecular weight excluding hydrogens is 364 g/mol. The van der Waals surface area contributed by atoms with Gasteiger partial charge in [-0.15, -0.1) is 0 Å². The van der Waals surface area contributed by atoms with Crippen LogP contribution >= 0.6 is 15.9 Å². The third-order valence-corrected chi connectivity index (χ3v) is 3.56. The number of esters is 1. The predicted octanol–water partition coefficient (Wildman–Crippen LogP) is 2.81. The first-order valence-corrected chi connectivity index (χ1v) is 7.36. The van der Waals surface area contributed by atoms with Crippen molar-refractivity contribution in [2.45, 2.75) is 0 Å². The lowest BCUT2D eigenvalue weighted by Gasteiger charge is -2.08. The number of halogens is 1. The zero-order valence-corrected chi connectivity index (χ0v) is 13.7. The Kier molecular flexibility index (Phi) is 5.48. The number of methoxy groups -OCH3 is 1.